The molecule has 0 amide bonds. The molecule has 0 saturated carbocycles. The van der Waals surface area contributed by atoms with Gasteiger partial charge in [0.25, 0.3) is 0 Å². The third-order valence-electron chi connectivity index (χ3n) is 2.51. The van der Waals surface area contributed by atoms with Gasteiger partial charge in [0.05, 0.1) is 12.0 Å². The summed E-state index contributed by atoms with van der Waals surface area (Å²) in [6, 6.07) is 4.96. The van der Waals surface area contributed by atoms with E-state index in [-0.39, 0.29) is 11.9 Å². The van der Waals surface area contributed by atoms with Crippen LogP contribution in [0.15, 0.2) is 35.2 Å². The Morgan fingerprint density at radius 1 is 1.44 bits per heavy atom. The molecule has 5 heteroatoms. The first-order valence-electron chi connectivity index (χ1n) is 5.74. The normalized spacial score (nSPS) is 12.7. The summed E-state index contributed by atoms with van der Waals surface area (Å²) in [5.41, 5.74) is 7.57. The molecule has 0 fully saturated rings. The van der Waals surface area contributed by atoms with Crippen molar-refractivity contribution in [1.29, 1.82) is 0 Å². The Morgan fingerprint density at radius 2 is 2.22 bits per heavy atom. The summed E-state index contributed by atoms with van der Waals surface area (Å²) < 4.78 is 15.9. The lowest BCUT2D eigenvalue weighted by atomic mass is 10.2. The van der Waals surface area contributed by atoms with Crippen molar-refractivity contribution in [3.63, 3.8) is 0 Å². The maximum atomic E-state index is 13.2. The van der Waals surface area contributed by atoms with Gasteiger partial charge in [-0.15, -0.1) is 0 Å². The lowest BCUT2D eigenvalue weighted by Crippen LogP contribution is -2.17. The smallest absolute Gasteiger partial charge is 0.124 e. The zero-order valence-electron chi connectivity index (χ0n) is 10.1. The van der Waals surface area contributed by atoms with Crippen LogP contribution in [-0.2, 0) is 13.0 Å². The molecule has 18 heavy (non-hydrogen) atoms. The topological polar surface area (TPSA) is 43.8 Å². The number of rotatable bonds is 4. The van der Waals surface area contributed by atoms with Crippen molar-refractivity contribution >= 4 is 15.9 Å². The van der Waals surface area contributed by atoms with Crippen LogP contribution >= 0.6 is 15.9 Å². The number of benzene rings is 1. The largest absolute Gasteiger partial charge is 0.333 e. The fraction of sp³-hybridized carbons (Fsp3) is 0.308. The SMILES string of the molecule is CC(N)Cc1cn(Cc2cc(F)cc(Br)c2)cn1. The first-order valence-corrected chi connectivity index (χ1v) is 6.53. The third-order valence-corrected chi connectivity index (χ3v) is 2.96. The average Bonchev–Trinajstić information content (AvgIpc) is 2.62. The Hall–Kier alpha value is -1.20. The molecule has 1 unspecified atom stereocenters. The van der Waals surface area contributed by atoms with E-state index in [9.17, 15) is 4.39 Å². The zero-order chi connectivity index (χ0) is 13.1. The summed E-state index contributed by atoms with van der Waals surface area (Å²) in [5, 5.41) is 0. The number of aromatic nitrogens is 2. The monoisotopic (exact) mass is 311 g/mol. The van der Waals surface area contributed by atoms with Gasteiger partial charge in [0.15, 0.2) is 0 Å². The Morgan fingerprint density at radius 3 is 2.89 bits per heavy atom. The average molecular weight is 312 g/mol. The van der Waals surface area contributed by atoms with E-state index >= 15 is 0 Å². The van der Waals surface area contributed by atoms with Crippen LogP contribution in [-0.4, -0.2) is 15.6 Å². The van der Waals surface area contributed by atoms with Crippen molar-refractivity contribution in [2.24, 2.45) is 5.73 Å². The zero-order valence-corrected chi connectivity index (χ0v) is 11.7. The van der Waals surface area contributed by atoms with Gasteiger partial charge in [-0.05, 0) is 30.7 Å². The minimum absolute atomic E-state index is 0.0941. The van der Waals surface area contributed by atoms with Crippen molar-refractivity contribution in [3.05, 3.63) is 52.3 Å². The molecule has 3 nitrogen and oxygen atoms in total. The maximum Gasteiger partial charge on any atom is 0.124 e. The van der Waals surface area contributed by atoms with Crippen LogP contribution in [0.2, 0.25) is 0 Å². The van der Waals surface area contributed by atoms with Crippen LogP contribution in [0.3, 0.4) is 0 Å². The molecule has 0 aliphatic rings. The summed E-state index contributed by atoms with van der Waals surface area (Å²) in [4.78, 5) is 4.27. The molecule has 0 aliphatic carbocycles. The number of hydrogen-bond acceptors (Lipinski definition) is 2. The second-order valence-electron chi connectivity index (χ2n) is 4.50. The molecule has 0 spiro atoms. The number of halogens is 2. The van der Waals surface area contributed by atoms with E-state index in [1.165, 1.54) is 12.1 Å². The Labute approximate surface area is 114 Å². The lowest BCUT2D eigenvalue weighted by molar-refractivity contribution is 0.622. The highest BCUT2D eigenvalue weighted by Gasteiger charge is 2.04. The Kier molecular flexibility index (Phi) is 4.14. The summed E-state index contributed by atoms with van der Waals surface area (Å²) in [5.74, 6) is -0.240. The van der Waals surface area contributed by atoms with E-state index in [4.69, 9.17) is 5.73 Å². The Balaban J connectivity index is 2.11. The predicted molar refractivity (Wildman–Crippen MR) is 72.8 cm³/mol. The summed E-state index contributed by atoms with van der Waals surface area (Å²) in [6.45, 7) is 2.55. The van der Waals surface area contributed by atoms with E-state index in [1.54, 1.807) is 6.33 Å². The molecule has 0 saturated heterocycles. The van der Waals surface area contributed by atoms with Gasteiger partial charge in [0.2, 0.25) is 0 Å². The molecule has 0 aliphatic heterocycles. The number of nitrogens with two attached hydrogens (primary N) is 1. The van der Waals surface area contributed by atoms with E-state index < -0.39 is 0 Å². The maximum absolute atomic E-state index is 13.2. The summed E-state index contributed by atoms with van der Waals surface area (Å²) in [6.07, 6.45) is 4.44. The van der Waals surface area contributed by atoms with Gasteiger partial charge in [-0.3, -0.25) is 0 Å². The van der Waals surface area contributed by atoms with Crippen LogP contribution in [0.5, 0.6) is 0 Å². The molecule has 2 aromatic rings. The first-order chi connectivity index (χ1) is 8.52. The van der Waals surface area contributed by atoms with Crippen LogP contribution < -0.4 is 5.73 Å². The van der Waals surface area contributed by atoms with E-state index in [0.717, 1.165) is 22.2 Å². The number of imidazole rings is 1. The van der Waals surface area contributed by atoms with E-state index in [1.807, 2.05) is 23.8 Å². The Bertz CT molecular complexity index is 517. The van der Waals surface area contributed by atoms with Crippen molar-refractivity contribution in [2.45, 2.75) is 25.9 Å². The molecular weight excluding hydrogens is 297 g/mol. The van der Waals surface area contributed by atoms with Gasteiger partial charge >= 0.3 is 0 Å². The molecule has 2 rings (SSSR count). The molecule has 0 radical (unpaired) electrons. The number of nitrogens with zero attached hydrogens (tertiary/aromatic N) is 2. The van der Waals surface area contributed by atoms with Crippen LogP contribution in [0.1, 0.15) is 18.2 Å². The van der Waals surface area contributed by atoms with Gasteiger partial charge in [0, 0.05) is 29.7 Å². The summed E-state index contributed by atoms with van der Waals surface area (Å²) in [7, 11) is 0. The van der Waals surface area contributed by atoms with E-state index in [2.05, 4.69) is 20.9 Å². The van der Waals surface area contributed by atoms with E-state index in [0.29, 0.717) is 6.54 Å². The molecule has 2 N–H and O–H groups in total. The lowest BCUT2D eigenvalue weighted by Gasteiger charge is -2.04. The predicted octanol–water partition coefficient (Wildman–Crippen LogP) is 2.72. The minimum Gasteiger partial charge on any atom is -0.333 e. The van der Waals surface area contributed by atoms with Crippen LogP contribution in [0.25, 0.3) is 0 Å². The fourth-order valence-electron chi connectivity index (χ4n) is 1.84. The second-order valence-corrected chi connectivity index (χ2v) is 5.41. The highest BCUT2D eigenvalue weighted by molar-refractivity contribution is 9.10. The van der Waals surface area contributed by atoms with Crippen molar-refractivity contribution in [1.82, 2.24) is 9.55 Å². The minimum atomic E-state index is -0.240. The van der Waals surface area contributed by atoms with Gasteiger partial charge in [0.1, 0.15) is 5.82 Å². The highest BCUT2D eigenvalue weighted by atomic mass is 79.9. The van der Waals surface area contributed by atoms with Crippen molar-refractivity contribution in [2.75, 3.05) is 0 Å². The van der Waals surface area contributed by atoms with Gasteiger partial charge < -0.3 is 10.3 Å². The quantitative estimate of drug-likeness (QED) is 0.943. The molecule has 96 valence electrons. The van der Waals surface area contributed by atoms with Crippen molar-refractivity contribution in [3.8, 4) is 0 Å². The molecule has 1 atom stereocenters. The molecule has 1 aromatic heterocycles. The molecule has 1 aromatic carbocycles. The highest BCUT2D eigenvalue weighted by Crippen LogP contribution is 2.16. The summed E-state index contributed by atoms with van der Waals surface area (Å²) >= 11 is 3.28. The molecule has 0 bridgehead atoms. The van der Waals surface area contributed by atoms with Gasteiger partial charge in [-0.25, -0.2) is 9.37 Å². The fourth-order valence-corrected chi connectivity index (χ4v) is 2.35. The van der Waals surface area contributed by atoms with Gasteiger partial charge in [-0.1, -0.05) is 15.9 Å². The van der Waals surface area contributed by atoms with Crippen molar-refractivity contribution < 1.29 is 4.39 Å². The van der Waals surface area contributed by atoms with Crippen LogP contribution in [0, 0.1) is 5.82 Å². The second kappa shape index (κ2) is 5.63. The van der Waals surface area contributed by atoms with Gasteiger partial charge in [-0.2, -0.15) is 0 Å². The standard InChI is InChI=1S/C13H15BrFN3/c1-9(16)2-13-7-18(8-17-13)6-10-3-11(14)5-12(15)4-10/h3-5,7-9H,2,6,16H2,1H3. The number of hydrogen-bond donors (Lipinski definition) is 1. The molecular formula is C13H15BrFN3. The first kappa shape index (κ1) is 13.2. The van der Waals surface area contributed by atoms with Crippen LogP contribution in [0.4, 0.5) is 4.39 Å². The third kappa shape index (κ3) is 3.65. The molecule has 1 heterocycles.